The van der Waals surface area contributed by atoms with Crippen LogP contribution in [0.4, 0.5) is 0 Å². The first kappa shape index (κ1) is 11.5. The van der Waals surface area contributed by atoms with Crippen molar-refractivity contribution in [3.63, 3.8) is 0 Å². The third-order valence-corrected chi connectivity index (χ3v) is 4.68. The quantitative estimate of drug-likeness (QED) is 0.764. The summed E-state index contributed by atoms with van der Waals surface area (Å²) in [6, 6.07) is 0. The molecule has 82 valence electrons. The third-order valence-electron chi connectivity index (χ3n) is 2.89. The van der Waals surface area contributed by atoms with Crippen molar-refractivity contribution in [2.75, 3.05) is 11.5 Å². The summed E-state index contributed by atoms with van der Waals surface area (Å²) >= 11 is 0. The molecule has 0 aliphatic carbocycles. The number of carboxylic acids is 1. The summed E-state index contributed by atoms with van der Waals surface area (Å²) in [6.45, 7) is 1.94. The Morgan fingerprint density at radius 1 is 1.57 bits per heavy atom. The molecule has 5 heteroatoms. The molecule has 2 unspecified atom stereocenters. The highest BCUT2D eigenvalue weighted by Crippen LogP contribution is 2.28. The Labute approximate surface area is 84.2 Å². The first-order valence-electron chi connectivity index (χ1n) is 4.83. The average molecular weight is 220 g/mol. The molecule has 2 atom stereocenters. The first-order chi connectivity index (χ1) is 6.41. The normalized spacial score (nSPS) is 27.4. The number of hydrogen-bond acceptors (Lipinski definition) is 3. The monoisotopic (exact) mass is 220 g/mol. The van der Waals surface area contributed by atoms with Crippen LogP contribution >= 0.6 is 0 Å². The molecule has 0 amide bonds. The van der Waals surface area contributed by atoms with Gasteiger partial charge >= 0.3 is 5.97 Å². The number of aliphatic carboxylic acids is 1. The van der Waals surface area contributed by atoms with Gasteiger partial charge < -0.3 is 5.11 Å². The van der Waals surface area contributed by atoms with E-state index in [9.17, 15) is 13.2 Å². The molecule has 1 aliphatic rings. The van der Waals surface area contributed by atoms with Crippen molar-refractivity contribution in [1.29, 1.82) is 0 Å². The van der Waals surface area contributed by atoms with E-state index in [4.69, 9.17) is 5.11 Å². The molecule has 1 heterocycles. The lowest BCUT2D eigenvalue weighted by Crippen LogP contribution is -2.14. The van der Waals surface area contributed by atoms with Crippen molar-refractivity contribution in [2.45, 2.75) is 26.2 Å². The van der Waals surface area contributed by atoms with Gasteiger partial charge in [0.2, 0.25) is 0 Å². The highest BCUT2D eigenvalue weighted by atomic mass is 32.2. The van der Waals surface area contributed by atoms with Crippen LogP contribution in [0.2, 0.25) is 0 Å². The molecule has 1 fully saturated rings. The molecule has 1 aliphatic heterocycles. The Bertz CT molecular complexity index is 307. The Morgan fingerprint density at radius 2 is 2.21 bits per heavy atom. The minimum atomic E-state index is -2.83. The van der Waals surface area contributed by atoms with E-state index in [0.29, 0.717) is 12.8 Å². The van der Waals surface area contributed by atoms with Gasteiger partial charge in [0.05, 0.1) is 11.5 Å². The molecule has 14 heavy (non-hydrogen) atoms. The second kappa shape index (κ2) is 4.29. The molecule has 0 saturated carbocycles. The predicted octanol–water partition coefficient (Wildman–Crippen LogP) is 0.922. The fourth-order valence-corrected chi connectivity index (χ4v) is 3.84. The fraction of sp³-hybridized carbons (Fsp3) is 0.889. The molecular formula is C9H16O4S. The first-order valence-corrected chi connectivity index (χ1v) is 6.65. The van der Waals surface area contributed by atoms with Crippen molar-refractivity contribution in [1.82, 2.24) is 0 Å². The maximum absolute atomic E-state index is 11.2. The summed E-state index contributed by atoms with van der Waals surface area (Å²) in [5, 5.41) is 8.49. The van der Waals surface area contributed by atoms with E-state index in [1.54, 1.807) is 0 Å². The highest BCUT2D eigenvalue weighted by molar-refractivity contribution is 7.91. The maximum atomic E-state index is 11.2. The van der Waals surface area contributed by atoms with Crippen molar-refractivity contribution in [3.8, 4) is 0 Å². The van der Waals surface area contributed by atoms with Crippen LogP contribution < -0.4 is 0 Å². The number of rotatable bonds is 4. The molecule has 1 rings (SSSR count). The van der Waals surface area contributed by atoms with Gasteiger partial charge in [0.15, 0.2) is 9.84 Å². The number of carbonyl (C=O) groups is 1. The second-order valence-corrected chi connectivity index (χ2v) is 6.30. The second-order valence-electron chi connectivity index (χ2n) is 4.07. The molecular weight excluding hydrogens is 204 g/mol. The van der Waals surface area contributed by atoms with Crippen molar-refractivity contribution >= 4 is 15.8 Å². The van der Waals surface area contributed by atoms with E-state index in [0.717, 1.165) is 0 Å². The zero-order chi connectivity index (χ0) is 10.8. The van der Waals surface area contributed by atoms with E-state index in [2.05, 4.69) is 0 Å². The molecule has 0 radical (unpaired) electrons. The Morgan fingerprint density at radius 3 is 2.64 bits per heavy atom. The van der Waals surface area contributed by atoms with Gasteiger partial charge in [0, 0.05) is 6.42 Å². The molecule has 1 saturated heterocycles. The Kier molecular flexibility index (Phi) is 3.53. The number of carboxylic acid groups (broad SMARTS) is 1. The zero-order valence-corrected chi connectivity index (χ0v) is 9.09. The van der Waals surface area contributed by atoms with Gasteiger partial charge in [-0.15, -0.1) is 0 Å². The van der Waals surface area contributed by atoms with E-state index in [-0.39, 0.29) is 29.8 Å². The van der Waals surface area contributed by atoms with E-state index in [1.807, 2.05) is 6.92 Å². The van der Waals surface area contributed by atoms with Gasteiger partial charge in [0.25, 0.3) is 0 Å². The summed E-state index contributed by atoms with van der Waals surface area (Å²) in [5.74, 6) is 0.0727. The van der Waals surface area contributed by atoms with E-state index < -0.39 is 15.8 Å². The molecule has 0 aromatic rings. The summed E-state index contributed by atoms with van der Waals surface area (Å²) in [6.07, 6.45) is 1.41. The van der Waals surface area contributed by atoms with Crippen LogP contribution in [0.15, 0.2) is 0 Å². The lowest BCUT2D eigenvalue weighted by atomic mass is 9.90. The van der Waals surface area contributed by atoms with Crippen molar-refractivity contribution in [3.05, 3.63) is 0 Å². The minimum absolute atomic E-state index is 0.137. The van der Waals surface area contributed by atoms with Crippen LogP contribution in [0.25, 0.3) is 0 Å². The van der Waals surface area contributed by atoms with Gasteiger partial charge in [-0.25, -0.2) is 8.42 Å². The largest absolute Gasteiger partial charge is 0.481 e. The van der Waals surface area contributed by atoms with Crippen LogP contribution in [-0.2, 0) is 14.6 Å². The summed E-state index contributed by atoms with van der Waals surface area (Å²) in [7, 11) is -2.83. The molecule has 4 nitrogen and oxygen atoms in total. The number of sulfone groups is 1. The predicted molar refractivity (Wildman–Crippen MR) is 52.8 cm³/mol. The van der Waals surface area contributed by atoms with Crippen LogP contribution in [0.3, 0.4) is 0 Å². The summed E-state index contributed by atoms with van der Waals surface area (Å²) in [4.78, 5) is 10.3. The molecule has 1 N–H and O–H groups in total. The van der Waals surface area contributed by atoms with E-state index >= 15 is 0 Å². The van der Waals surface area contributed by atoms with Gasteiger partial charge in [-0.1, -0.05) is 6.92 Å². The number of hydrogen-bond donors (Lipinski definition) is 1. The SMILES string of the molecule is CC(CCC(=O)O)C1CCS(=O)(=O)C1. The smallest absolute Gasteiger partial charge is 0.303 e. The minimum Gasteiger partial charge on any atom is -0.481 e. The summed E-state index contributed by atoms with van der Waals surface area (Å²) < 4.78 is 22.3. The lowest BCUT2D eigenvalue weighted by molar-refractivity contribution is -0.137. The van der Waals surface area contributed by atoms with Crippen LogP contribution in [-0.4, -0.2) is 31.0 Å². The van der Waals surface area contributed by atoms with Crippen LogP contribution in [0, 0.1) is 11.8 Å². The fourth-order valence-electron chi connectivity index (χ4n) is 1.86. The van der Waals surface area contributed by atoms with Gasteiger partial charge in [0.1, 0.15) is 0 Å². The molecule has 0 aromatic heterocycles. The van der Waals surface area contributed by atoms with Gasteiger partial charge in [-0.05, 0) is 24.7 Å². The Hall–Kier alpha value is -0.580. The van der Waals surface area contributed by atoms with E-state index in [1.165, 1.54) is 0 Å². The Balaban J connectivity index is 2.39. The topological polar surface area (TPSA) is 71.4 Å². The lowest BCUT2D eigenvalue weighted by Gasteiger charge is -2.16. The summed E-state index contributed by atoms with van der Waals surface area (Å²) in [5.41, 5.74) is 0. The van der Waals surface area contributed by atoms with Crippen molar-refractivity contribution in [2.24, 2.45) is 11.8 Å². The molecule has 0 spiro atoms. The maximum Gasteiger partial charge on any atom is 0.303 e. The zero-order valence-electron chi connectivity index (χ0n) is 8.27. The molecule has 0 aromatic carbocycles. The van der Waals surface area contributed by atoms with Crippen LogP contribution in [0.5, 0.6) is 0 Å². The average Bonchev–Trinajstić information content (AvgIpc) is 2.41. The molecule has 0 bridgehead atoms. The van der Waals surface area contributed by atoms with Crippen LogP contribution in [0.1, 0.15) is 26.2 Å². The van der Waals surface area contributed by atoms with Gasteiger partial charge in [-0.2, -0.15) is 0 Å². The highest BCUT2D eigenvalue weighted by Gasteiger charge is 2.31. The standard InChI is InChI=1S/C9H16O4S/c1-7(2-3-9(10)11)8-4-5-14(12,13)6-8/h7-8H,2-6H2,1H3,(H,10,11). The third kappa shape index (κ3) is 3.29. The van der Waals surface area contributed by atoms with Gasteiger partial charge in [-0.3, -0.25) is 4.79 Å². The van der Waals surface area contributed by atoms with Crippen molar-refractivity contribution < 1.29 is 18.3 Å².